The van der Waals surface area contributed by atoms with Crippen LogP contribution in [0, 0.1) is 17.4 Å². The summed E-state index contributed by atoms with van der Waals surface area (Å²) in [5.41, 5.74) is 2.75. The highest BCUT2D eigenvalue weighted by Gasteiger charge is 2.07. The van der Waals surface area contributed by atoms with Gasteiger partial charge >= 0.3 is 0 Å². The van der Waals surface area contributed by atoms with Gasteiger partial charge in [0, 0.05) is 27.9 Å². The van der Waals surface area contributed by atoms with Crippen molar-refractivity contribution < 1.29 is 4.79 Å². The van der Waals surface area contributed by atoms with Crippen molar-refractivity contribution in [2.75, 3.05) is 6.54 Å². The van der Waals surface area contributed by atoms with Crippen LogP contribution < -0.4 is 5.32 Å². The van der Waals surface area contributed by atoms with Gasteiger partial charge in [-0.3, -0.25) is 9.48 Å². The molecular weight excluding hydrogens is 401 g/mol. The third-order valence-corrected chi connectivity index (χ3v) is 4.69. The van der Waals surface area contributed by atoms with E-state index in [2.05, 4.69) is 33.0 Å². The summed E-state index contributed by atoms with van der Waals surface area (Å²) in [7, 11) is 0. The molecule has 21 heavy (non-hydrogen) atoms. The zero-order valence-corrected chi connectivity index (χ0v) is 14.9. The third kappa shape index (κ3) is 4.44. The van der Waals surface area contributed by atoms with E-state index in [9.17, 15) is 4.79 Å². The van der Waals surface area contributed by atoms with Gasteiger partial charge in [-0.2, -0.15) is 5.10 Å². The van der Waals surface area contributed by atoms with Crippen molar-refractivity contribution >= 4 is 40.1 Å². The van der Waals surface area contributed by atoms with Gasteiger partial charge in [-0.05, 0) is 67.1 Å². The molecule has 1 amide bonds. The Morgan fingerprint density at radius 3 is 2.76 bits per heavy atom. The van der Waals surface area contributed by atoms with Gasteiger partial charge in [-0.25, -0.2) is 0 Å². The molecule has 2 rings (SSSR count). The van der Waals surface area contributed by atoms with Gasteiger partial charge in [0.1, 0.15) is 0 Å². The van der Waals surface area contributed by atoms with E-state index >= 15 is 0 Å². The monoisotopic (exact) mass is 417 g/mol. The largest absolute Gasteiger partial charge is 0.352 e. The second kappa shape index (κ2) is 7.26. The minimum absolute atomic E-state index is 0.0957. The number of carbonyl (C=O) groups excluding carboxylic acids is 1. The molecule has 0 radical (unpaired) electrons. The fourth-order valence-corrected chi connectivity index (χ4v) is 2.59. The van der Waals surface area contributed by atoms with Crippen LogP contribution in [0.4, 0.5) is 0 Å². The first-order chi connectivity index (χ1) is 9.97. The van der Waals surface area contributed by atoms with E-state index in [4.69, 9.17) is 11.6 Å². The first-order valence-electron chi connectivity index (χ1n) is 6.71. The predicted octanol–water partition coefficient (Wildman–Crippen LogP) is 3.58. The summed E-state index contributed by atoms with van der Waals surface area (Å²) in [5.74, 6) is -0.0957. The van der Waals surface area contributed by atoms with E-state index in [-0.39, 0.29) is 5.91 Å². The van der Waals surface area contributed by atoms with E-state index in [0.717, 1.165) is 27.9 Å². The lowest BCUT2D eigenvalue weighted by Gasteiger charge is -2.07. The molecule has 0 unspecified atom stereocenters. The van der Waals surface area contributed by atoms with Gasteiger partial charge in [0.25, 0.3) is 5.91 Å². The predicted molar refractivity (Wildman–Crippen MR) is 92.8 cm³/mol. The average Bonchev–Trinajstić information content (AvgIpc) is 2.76. The standard InChI is InChI=1S/C15H17ClIN3O/c1-10-8-11(2)20(19-10)7-3-6-18-15(21)12-4-5-14(17)13(16)9-12/h4-5,8-9H,3,6-7H2,1-2H3,(H,18,21). The van der Waals surface area contributed by atoms with Crippen molar-refractivity contribution in [3.8, 4) is 0 Å². The first-order valence-corrected chi connectivity index (χ1v) is 8.17. The van der Waals surface area contributed by atoms with Crippen molar-refractivity contribution in [2.24, 2.45) is 0 Å². The molecule has 2 aromatic rings. The quantitative estimate of drug-likeness (QED) is 0.597. The first kappa shape index (κ1) is 16.3. The molecule has 112 valence electrons. The maximum absolute atomic E-state index is 12.0. The number of carbonyl (C=O) groups is 1. The molecule has 0 saturated carbocycles. The summed E-state index contributed by atoms with van der Waals surface area (Å²) in [6.07, 6.45) is 0.839. The Morgan fingerprint density at radius 1 is 1.38 bits per heavy atom. The Labute approximate surface area is 143 Å². The lowest BCUT2D eigenvalue weighted by atomic mass is 10.2. The van der Waals surface area contributed by atoms with Crippen molar-refractivity contribution in [1.82, 2.24) is 15.1 Å². The van der Waals surface area contributed by atoms with Crippen LogP contribution in [0.2, 0.25) is 5.02 Å². The van der Waals surface area contributed by atoms with Crippen molar-refractivity contribution in [2.45, 2.75) is 26.8 Å². The van der Waals surface area contributed by atoms with Crippen LogP contribution in [-0.2, 0) is 6.54 Å². The van der Waals surface area contributed by atoms with Gasteiger partial charge in [-0.1, -0.05) is 11.6 Å². The summed E-state index contributed by atoms with van der Waals surface area (Å²) in [5, 5.41) is 7.90. The minimum atomic E-state index is -0.0957. The Hall–Kier alpha value is -1.08. The molecule has 0 fully saturated rings. The Kier molecular flexibility index (Phi) is 5.64. The van der Waals surface area contributed by atoms with Gasteiger partial charge in [0.15, 0.2) is 0 Å². The van der Waals surface area contributed by atoms with Crippen LogP contribution in [-0.4, -0.2) is 22.2 Å². The molecule has 1 aromatic heterocycles. The fourth-order valence-electron chi connectivity index (χ4n) is 2.07. The molecule has 4 nitrogen and oxygen atoms in total. The van der Waals surface area contributed by atoms with Crippen molar-refractivity contribution in [3.05, 3.63) is 49.8 Å². The Balaban J connectivity index is 1.81. The van der Waals surface area contributed by atoms with Crippen LogP contribution in [0.1, 0.15) is 28.2 Å². The molecule has 0 aliphatic heterocycles. The normalized spacial score (nSPS) is 10.7. The van der Waals surface area contributed by atoms with Crippen LogP contribution in [0.5, 0.6) is 0 Å². The highest BCUT2D eigenvalue weighted by atomic mass is 127. The van der Waals surface area contributed by atoms with Gasteiger partial charge < -0.3 is 5.32 Å². The molecule has 0 bridgehead atoms. The number of rotatable bonds is 5. The number of aromatic nitrogens is 2. The molecule has 0 atom stereocenters. The maximum atomic E-state index is 12.0. The molecule has 1 heterocycles. The number of nitrogens with one attached hydrogen (secondary N) is 1. The molecule has 6 heteroatoms. The van der Waals surface area contributed by atoms with Crippen molar-refractivity contribution in [3.63, 3.8) is 0 Å². The summed E-state index contributed by atoms with van der Waals surface area (Å²) in [4.78, 5) is 12.0. The Bertz CT molecular complexity index is 654. The molecular formula is C15H17ClIN3O. The number of hydrogen-bond donors (Lipinski definition) is 1. The lowest BCUT2D eigenvalue weighted by molar-refractivity contribution is 0.0952. The SMILES string of the molecule is Cc1cc(C)n(CCCNC(=O)c2ccc(I)c(Cl)c2)n1. The molecule has 0 aliphatic rings. The van der Waals surface area contributed by atoms with E-state index in [1.165, 1.54) is 0 Å². The number of amides is 1. The van der Waals surface area contributed by atoms with Crippen LogP contribution >= 0.6 is 34.2 Å². The van der Waals surface area contributed by atoms with Crippen LogP contribution in [0.15, 0.2) is 24.3 Å². The van der Waals surface area contributed by atoms with Gasteiger partial charge in [-0.15, -0.1) is 0 Å². The second-order valence-electron chi connectivity index (χ2n) is 4.89. The van der Waals surface area contributed by atoms with Crippen LogP contribution in [0.25, 0.3) is 0 Å². The molecule has 1 N–H and O–H groups in total. The lowest BCUT2D eigenvalue weighted by Crippen LogP contribution is -2.25. The molecule has 0 saturated heterocycles. The summed E-state index contributed by atoms with van der Waals surface area (Å²) < 4.78 is 2.90. The molecule has 1 aromatic carbocycles. The zero-order valence-electron chi connectivity index (χ0n) is 12.0. The third-order valence-electron chi connectivity index (χ3n) is 3.12. The minimum Gasteiger partial charge on any atom is -0.352 e. The summed E-state index contributed by atoms with van der Waals surface area (Å²) in [6, 6.07) is 7.36. The number of halogens is 2. The summed E-state index contributed by atoms with van der Waals surface area (Å²) >= 11 is 8.16. The van der Waals surface area contributed by atoms with Crippen molar-refractivity contribution in [1.29, 1.82) is 0 Å². The molecule has 0 spiro atoms. The van der Waals surface area contributed by atoms with E-state index < -0.39 is 0 Å². The molecule has 0 aliphatic carbocycles. The van der Waals surface area contributed by atoms with E-state index in [1.54, 1.807) is 12.1 Å². The fraction of sp³-hybridized carbons (Fsp3) is 0.333. The maximum Gasteiger partial charge on any atom is 0.251 e. The average molecular weight is 418 g/mol. The summed E-state index contributed by atoms with van der Waals surface area (Å²) in [6.45, 7) is 5.42. The van der Waals surface area contributed by atoms with E-state index in [1.807, 2.05) is 30.7 Å². The van der Waals surface area contributed by atoms with E-state index in [0.29, 0.717) is 17.1 Å². The highest BCUT2D eigenvalue weighted by Crippen LogP contribution is 2.19. The van der Waals surface area contributed by atoms with Gasteiger partial charge in [0.05, 0.1) is 10.7 Å². The Morgan fingerprint density at radius 2 is 2.14 bits per heavy atom. The smallest absolute Gasteiger partial charge is 0.251 e. The zero-order chi connectivity index (χ0) is 15.4. The topological polar surface area (TPSA) is 46.9 Å². The van der Waals surface area contributed by atoms with Gasteiger partial charge in [0.2, 0.25) is 0 Å². The number of benzene rings is 1. The highest BCUT2D eigenvalue weighted by molar-refractivity contribution is 14.1. The van der Waals surface area contributed by atoms with Crippen LogP contribution in [0.3, 0.4) is 0 Å². The number of nitrogens with zero attached hydrogens (tertiary/aromatic N) is 2. The number of hydrogen-bond acceptors (Lipinski definition) is 2. The second-order valence-corrected chi connectivity index (χ2v) is 6.46. The number of aryl methyl sites for hydroxylation is 3.